The molecule has 4 rings (SSSR count). The van der Waals surface area contributed by atoms with Crippen LogP contribution in [0.1, 0.15) is 41.8 Å². The molecule has 116 valence electrons. The summed E-state index contributed by atoms with van der Waals surface area (Å²) in [4.78, 5) is 4.66. The molecule has 1 aliphatic carbocycles. The van der Waals surface area contributed by atoms with Gasteiger partial charge in [0, 0.05) is 12.0 Å². The van der Waals surface area contributed by atoms with Crippen LogP contribution in [-0.4, -0.2) is 4.98 Å². The van der Waals surface area contributed by atoms with Crippen LogP contribution in [-0.2, 0) is 19.3 Å². The molecule has 0 fully saturated rings. The van der Waals surface area contributed by atoms with E-state index in [-0.39, 0.29) is 0 Å². The van der Waals surface area contributed by atoms with Gasteiger partial charge >= 0.3 is 0 Å². The Balaban J connectivity index is 1.44. The third kappa shape index (κ3) is 2.81. The van der Waals surface area contributed by atoms with Crippen LogP contribution in [0, 0.1) is 0 Å². The summed E-state index contributed by atoms with van der Waals surface area (Å²) in [5, 5.41) is 0. The van der Waals surface area contributed by atoms with E-state index in [0.29, 0.717) is 0 Å². The number of hydrogen-bond donors (Lipinski definition) is 0. The maximum absolute atomic E-state index is 6.06. The van der Waals surface area contributed by atoms with Crippen LogP contribution in [0.2, 0.25) is 0 Å². The van der Waals surface area contributed by atoms with E-state index in [9.17, 15) is 0 Å². The van der Waals surface area contributed by atoms with Crippen LogP contribution in [0.3, 0.4) is 0 Å². The van der Waals surface area contributed by atoms with E-state index in [1.54, 1.807) is 0 Å². The van der Waals surface area contributed by atoms with Gasteiger partial charge in [-0.1, -0.05) is 43.0 Å². The molecule has 0 atom stereocenters. The Hall–Kier alpha value is -2.35. The van der Waals surface area contributed by atoms with Gasteiger partial charge in [-0.25, -0.2) is 4.98 Å². The molecule has 3 aromatic rings. The molecule has 1 aliphatic rings. The fourth-order valence-corrected chi connectivity index (χ4v) is 3.44. The van der Waals surface area contributed by atoms with Gasteiger partial charge in [-0.05, 0) is 54.9 Å². The highest BCUT2D eigenvalue weighted by Crippen LogP contribution is 2.36. The molecule has 23 heavy (non-hydrogen) atoms. The Morgan fingerprint density at radius 2 is 1.78 bits per heavy atom. The molecule has 1 heterocycles. The molecule has 0 unspecified atom stereocenters. The van der Waals surface area contributed by atoms with Crippen molar-refractivity contribution >= 4 is 16.7 Å². The lowest BCUT2D eigenvalue weighted by Crippen LogP contribution is -1.89. The van der Waals surface area contributed by atoms with E-state index in [4.69, 9.17) is 4.42 Å². The van der Waals surface area contributed by atoms with E-state index in [0.717, 1.165) is 55.5 Å². The first-order valence-electron chi connectivity index (χ1n) is 8.44. The molecule has 0 amide bonds. The van der Waals surface area contributed by atoms with Crippen LogP contribution in [0.25, 0.3) is 16.7 Å². The highest BCUT2D eigenvalue weighted by molar-refractivity contribution is 5.90. The van der Waals surface area contributed by atoms with Gasteiger partial charge in [-0.15, -0.1) is 0 Å². The summed E-state index contributed by atoms with van der Waals surface area (Å²) in [5.74, 6) is 0.862. The van der Waals surface area contributed by atoms with Crippen molar-refractivity contribution in [3.63, 3.8) is 0 Å². The van der Waals surface area contributed by atoms with Gasteiger partial charge in [0.1, 0.15) is 5.52 Å². The highest BCUT2D eigenvalue weighted by Gasteiger charge is 2.20. The summed E-state index contributed by atoms with van der Waals surface area (Å²) >= 11 is 0. The van der Waals surface area contributed by atoms with E-state index in [1.807, 2.05) is 0 Å². The predicted octanol–water partition coefficient (Wildman–Crippen LogP) is 5.35. The first-order chi connectivity index (χ1) is 11.3. The molecule has 0 saturated heterocycles. The van der Waals surface area contributed by atoms with Crippen LogP contribution >= 0.6 is 0 Å². The zero-order chi connectivity index (χ0) is 15.6. The van der Waals surface area contributed by atoms with E-state index < -0.39 is 0 Å². The lowest BCUT2D eigenvalue weighted by atomic mass is 10.1. The lowest BCUT2D eigenvalue weighted by molar-refractivity contribution is 0.513. The Bertz CT molecular complexity index is 845. The number of benzene rings is 2. The third-order valence-corrected chi connectivity index (χ3v) is 4.69. The fourth-order valence-electron chi connectivity index (χ4n) is 3.44. The molecular formula is C21H21NO. The topological polar surface area (TPSA) is 26.0 Å². The Kier molecular flexibility index (Phi) is 3.74. The number of nitrogens with zero attached hydrogens (tertiary/aromatic N) is 1. The zero-order valence-electron chi connectivity index (χ0n) is 13.3. The molecule has 2 aromatic carbocycles. The van der Waals surface area contributed by atoms with Gasteiger partial charge in [0.15, 0.2) is 11.5 Å². The maximum Gasteiger partial charge on any atom is 0.195 e. The normalized spacial score (nSPS) is 13.7. The largest absolute Gasteiger partial charge is 0.440 e. The second-order valence-electron chi connectivity index (χ2n) is 6.35. The molecule has 0 bridgehead atoms. The van der Waals surface area contributed by atoms with Crippen molar-refractivity contribution in [1.82, 2.24) is 4.98 Å². The quantitative estimate of drug-likeness (QED) is 0.594. The minimum atomic E-state index is 0.862. The number of oxazole rings is 1. The number of aromatic nitrogens is 1. The summed E-state index contributed by atoms with van der Waals surface area (Å²) in [6.07, 6.45) is 6.41. The molecule has 0 aliphatic heterocycles. The van der Waals surface area contributed by atoms with Gasteiger partial charge in [-0.2, -0.15) is 0 Å². The Labute approximate surface area is 136 Å². The number of allylic oxidation sites excluding steroid dienone is 1. The van der Waals surface area contributed by atoms with Gasteiger partial charge in [0.25, 0.3) is 0 Å². The molecule has 0 radical (unpaired) electrons. The van der Waals surface area contributed by atoms with Crippen molar-refractivity contribution in [2.24, 2.45) is 0 Å². The van der Waals surface area contributed by atoms with Crippen LogP contribution in [0.4, 0.5) is 0 Å². The van der Waals surface area contributed by atoms with Gasteiger partial charge < -0.3 is 4.42 Å². The minimum absolute atomic E-state index is 0.862. The van der Waals surface area contributed by atoms with Crippen LogP contribution in [0.15, 0.2) is 53.5 Å². The van der Waals surface area contributed by atoms with Crippen LogP contribution < -0.4 is 0 Å². The minimum Gasteiger partial charge on any atom is -0.440 e. The first-order valence-corrected chi connectivity index (χ1v) is 8.44. The monoisotopic (exact) mass is 303 g/mol. The van der Waals surface area contributed by atoms with Gasteiger partial charge in [0.2, 0.25) is 0 Å². The Morgan fingerprint density at radius 3 is 2.65 bits per heavy atom. The van der Waals surface area contributed by atoms with Crippen molar-refractivity contribution < 1.29 is 4.42 Å². The van der Waals surface area contributed by atoms with Crippen LogP contribution in [0.5, 0.6) is 0 Å². The summed E-state index contributed by atoms with van der Waals surface area (Å²) in [7, 11) is 0. The molecule has 0 N–H and O–H groups in total. The van der Waals surface area contributed by atoms with Crippen molar-refractivity contribution in [3.8, 4) is 0 Å². The van der Waals surface area contributed by atoms with Crippen molar-refractivity contribution in [2.75, 3.05) is 0 Å². The average Bonchev–Trinajstić information content (AvgIpc) is 3.15. The average molecular weight is 303 g/mol. The van der Waals surface area contributed by atoms with Crippen molar-refractivity contribution in [2.45, 2.75) is 38.5 Å². The standard InChI is InChI=1S/C21H21NO/c1-15-11-12-17-13-14-18-21(20(15)17)23-19(22-18)10-6-5-9-16-7-3-2-4-8-16/h2-4,7-8,13-14H,1,5-6,9-12H2. The number of unbranched alkanes of at least 4 members (excludes halogenated alkanes) is 1. The summed E-state index contributed by atoms with van der Waals surface area (Å²) < 4.78 is 6.06. The smallest absolute Gasteiger partial charge is 0.195 e. The zero-order valence-corrected chi connectivity index (χ0v) is 13.3. The number of aryl methyl sites for hydroxylation is 3. The number of fused-ring (bicyclic) bond motifs is 3. The van der Waals surface area contributed by atoms with E-state index in [1.165, 1.54) is 22.3 Å². The molecular weight excluding hydrogens is 282 g/mol. The maximum atomic E-state index is 6.06. The first kappa shape index (κ1) is 14.3. The molecule has 2 nitrogen and oxygen atoms in total. The van der Waals surface area contributed by atoms with Gasteiger partial charge in [0.05, 0.1) is 0 Å². The molecule has 0 saturated carbocycles. The predicted molar refractivity (Wildman–Crippen MR) is 94.4 cm³/mol. The van der Waals surface area contributed by atoms with Crippen molar-refractivity contribution in [3.05, 3.63) is 71.6 Å². The summed E-state index contributed by atoms with van der Waals surface area (Å²) in [6, 6.07) is 14.9. The lowest BCUT2D eigenvalue weighted by Gasteiger charge is -2.00. The number of rotatable bonds is 5. The van der Waals surface area contributed by atoms with E-state index in [2.05, 4.69) is 54.0 Å². The van der Waals surface area contributed by atoms with Crippen molar-refractivity contribution in [1.29, 1.82) is 0 Å². The third-order valence-electron chi connectivity index (χ3n) is 4.69. The second-order valence-corrected chi connectivity index (χ2v) is 6.35. The molecule has 1 aromatic heterocycles. The number of hydrogen-bond acceptors (Lipinski definition) is 2. The Morgan fingerprint density at radius 1 is 0.957 bits per heavy atom. The SMILES string of the molecule is C=C1CCc2ccc3nc(CCCCc4ccccc4)oc3c21. The highest BCUT2D eigenvalue weighted by atomic mass is 16.3. The van der Waals surface area contributed by atoms with E-state index >= 15 is 0 Å². The fraction of sp³-hybridized carbons (Fsp3) is 0.286. The molecule has 0 spiro atoms. The molecule has 2 heteroatoms. The summed E-state index contributed by atoms with van der Waals surface area (Å²) in [6.45, 7) is 4.18. The van der Waals surface area contributed by atoms with Gasteiger partial charge in [-0.3, -0.25) is 0 Å². The second kappa shape index (κ2) is 6.04. The summed E-state index contributed by atoms with van der Waals surface area (Å²) in [5.41, 5.74) is 7.09.